The van der Waals surface area contributed by atoms with E-state index < -0.39 is 11.7 Å². The molecule has 0 bridgehead atoms. The number of hydrogen-bond acceptors (Lipinski definition) is 6. The minimum atomic E-state index is -0.837. The van der Waals surface area contributed by atoms with E-state index in [-0.39, 0.29) is 11.9 Å². The van der Waals surface area contributed by atoms with Crippen molar-refractivity contribution in [2.24, 2.45) is 18.1 Å². The van der Waals surface area contributed by atoms with Crippen molar-refractivity contribution in [2.45, 2.75) is 50.7 Å². The van der Waals surface area contributed by atoms with Crippen molar-refractivity contribution in [3.05, 3.63) is 51.8 Å². The molecule has 1 saturated carbocycles. The van der Waals surface area contributed by atoms with Crippen LogP contribution in [0, 0.1) is 17.2 Å². The van der Waals surface area contributed by atoms with Crippen molar-refractivity contribution in [3.63, 3.8) is 0 Å². The molecule has 2 amide bonds. The van der Waals surface area contributed by atoms with Gasteiger partial charge in [0.1, 0.15) is 11.4 Å². The van der Waals surface area contributed by atoms with Crippen LogP contribution in [0.5, 0.6) is 0 Å². The Labute approximate surface area is 200 Å². The molecule has 2 aromatic rings. The Morgan fingerprint density at radius 3 is 2.85 bits per heavy atom. The van der Waals surface area contributed by atoms with Crippen molar-refractivity contribution in [1.29, 1.82) is 5.26 Å². The predicted octanol–water partition coefficient (Wildman–Crippen LogP) is 3.64. The van der Waals surface area contributed by atoms with Gasteiger partial charge in [-0.15, -0.1) is 0 Å². The van der Waals surface area contributed by atoms with Crippen molar-refractivity contribution in [1.82, 2.24) is 20.5 Å². The molecule has 0 radical (unpaired) electrons. The van der Waals surface area contributed by atoms with E-state index in [1.54, 1.807) is 42.2 Å². The van der Waals surface area contributed by atoms with E-state index in [0.29, 0.717) is 35.7 Å². The Bertz CT molecular complexity index is 1140. The fraction of sp³-hybridized carbons (Fsp3) is 0.435. The third kappa shape index (κ3) is 4.93. The lowest BCUT2D eigenvalue weighted by Crippen LogP contribution is -2.52. The highest BCUT2D eigenvalue weighted by Crippen LogP contribution is 2.41. The monoisotopic (exact) mass is 512 g/mol. The van der Waals surface area contributed by atoms with Crippen LogP contribution in [0.4, 0.5) is 4.79 Å². The number of carbonyl (C=O) groups is 2. The first kappa shape index (κ1) is 23.0. The molecule has 33 heavy (non-hydrogen) atoms. The van der Waals surface area contributed by atoms with Crippen LogP contribution in [0.1, 0.15) is 60.6 Å². The average molecular weight is 513 g/mol. The molecular formula is C23H25BrN6O3. The summed E-state index contributed by atoms with van der Waals surface area (Å²) in [7, 11) is 1.78. The summed E-state index contributed by atoms with van der Waals surface area (Å²) in [4.78, 5) is 24.5. The summed E-state index contributed by atoms with van der Waals surface area (Å²) in [6, 6.07) is 9.11. The molecule has 1 aromatic heterocycles. The number of aryl methyl sites for hydroxylation is 1. The summed E-state index contributed by atoms with van der Waals surface area (Å²) in [5.74, 6) is 0.192. The van der Waals surface area contributed by atoms with Gasteiger partial charge in [-0.2, -0.15) is 15.5 Å². The highest BCUT2D eigenvalue weighted by molar-refractivity contribution is 9.10. The Morgan fingerprint density at radius 1 is 1.42 bits per heavy atom. The second kappa shape index (κ2) is 9.35. The fourth-order valence-electron chi connectivity index (χ4n) is 4.65. The van der Waals surface area contributed by atoms with Gasteiger partial charge < -0.3 is 10.1 Å². The van der Waals surface area contributed by atoms with Gasteiger partial charge in [-0.1, -0.05) is 15.9 Å². The number of ether oxygens (including phenoxy) is 1. The zero-order valence-corrected chi connectivity index (χ0v) is 20.1. The number of halogens is 1. The molecule has 1 atom stereocenters. The summed E-state index contributed by atoms with van der Waals surface area (Å²) in [6.45, 7) is 1.99. The van der Waals surface area contributed by atoms with Gasteiger partial charge in [0.25, 0.3) is 5.91 Å². The third-order valence-electron chi connectivity index (χ3n) is 6.25. The molecule has 2 aliphatic rings. The average Bonchev–Trinajstić information content (AvgIpc) is 3.23. The molecule has 172 valence electrons. The minimum Gasteiger partial charge on any atom is -0.435 e. The summed E-state index contributed by atoms with van der Waals surface area (Å²) >= 11 is 3.54. The Morgan fingerprint density at radius 2 is 2.18 bits per heavy atom. The highest BCUT2D eigenvalue weighted by Gasteiger charge is 2.46. The minimum absolute atomic E-state index is 0.0104. The van der Waals surface area contributed by atoms with Crippen LogP contribution in [0.25, 0.3) is 0 Å². The van der Waals surface area contributed by atoms with Crippen LogP contribution in [-0.4, -0.2) is 39.1 Å². The first-order valence-electron chi connectivity index (χ1n) is 10.9. The topological polar surface area (TPSA) is 121 Å². The molecule has 2 heterocycles. The van der Waals surface area contributed by atoms with E-state index in [1.165, 1.54) is 0 Å². The number of nitrogens with zero attached hydrogens (tertiary/aromatic N) is 4. The summed E-state index contributed by atoms with van der Waals surface area (Å²) in [5, 5.41) is 20.8. The van der Waals surface area contributed by atoms with E-state index in [0.717, 1.165) is 29.3 Å². The maximum Gasteiger partial charge on any atom is 0.428 e. The van der Waals surface area contributed by atoms with Gasteiger partial charge in [0.2, 0.25) is 0 Å². The van der Waals surface area contributed by atoms with Gasteiger partial charge in [0.15, 0.2) is 5.60 Å². The van der Waals surface area contributed by atoms with E-state index in [1.807, 2.05) is 6.92 Å². The van der Waals surface area contributed by atoms with Crippen molar-refractivity contribution in [3.8, 4) is 6.07 Å². The number of nitriles is 1. The molecule has 1 aromatic carbocycles. The SMILES string of the molecule is C[C@@H](CC1CCC2(CC1)OC(=O)NN=C2c1cc(C#N)ccc1Br)NC(=O)c1ccn(C)n1. The number of nitrogens with one attached hydrogen (secondary N) is 2. The van der Waals surface area contributed by atoms with Gasteiger partial charge in [0.05, 0.1) is 11.6 Å². The van der Waals surface area contributed by atoms with Gasteiger partial charge in [-0.3, -0.25) is 9.48 Å². The molecule has 1 aliphatic heterocycles. The van der Waals surface area contributed by atoms with Crippen molar-refractivity contribution >= 4 is 33.6 Å². The van der Waals surface area contributed by atoms with Gasteiger partial charge in [-0.25, -0.2) is 10.2 Å². The number of benzene rings is 1. The predicted molar refractivity (Wildman–Crippen MR) is 124 cm³/mol. The smallest absolute Gasteiger partial charge is 0.428 e. The molecule has 1 aliphatic carbocycles. The maximum atomic E-state index is 12.4. The lowest BCUT2D eigenvalue weighted by atomic mass is 9.72. The normalized spacial score (nSPS) is 23.2. The van der Waals surface area contributed by atoms with E-state index in [4.69, 9.17) is 4.74 Å². The van der Waals surface area contributed by atoms with Crippen LogP contribution in [0.2, 0.25) is 0 Å². The third-order valence-corrected chi connectivity index (χ3v) is 6.94. The fourth-order valence-corrected chi connectivity index (χ4v) is 5.08. The number of carbonyl (C=O) groups excluding carboxylic acids is 2. The molecule has 2 N–H and O–H groups in total. The lowest BCUT2D eigenvalue weighted by molar-refractivity contribution is 0.0154. The maximum absolute atomic E-state index is 12.4. The molecule has 10 heteroatoms. The van der Waals surface area contributed by atoms with Crippen molar-refractivity contribution in [2.75, 3.05) is 0 Å². The van der Waals surface area contributed by atoms with Crippen LogP contribution in [0.3, 0.4) is 0 Å². The molecule has 1 fully saturated rings. The quantitative estimate of drug-likeness (QED) is 0.633. The molecule has 9 nitrogen and oxygen atoms in total. The van der Waals surface area contributed by atoms with E-state index in [2.05, 4.69) is 42.9 Å². The van der Waals surface area contributed by atoms with Gasteiger partial charge >= 0.3 is 6.09 Å². The summed E-state index contributed by atoms with van der Waals surface area (Å²) in [5.41, 5.74) is 3.86. The van der Waals surface area contributed by atoms with Crippen molar-refractivity contribution < 1.29 is 14.3 Å². The lowest BCUT2D eigenvalue weighted by Gasteiger charge is -2.42. The Hall–Kier alpha value is -3.19. The standard InChI is InChI=1S/C23H25BrN6O3/c1-14(26-21(31)19-7-10-30(2)29-19)11-15-5-8-23(9-6-15)20(27-28-22(32)33-23)17-12-16(13-25)3-4-18(17)24/h3-4,7,10,12,14-15H,5-6,8-9,11H2,1-2H3,(H,26,31)(H,28,32)/t14-,15?,23?/m0/s1. The second-order valence-electron chi connectivity index (χ2n) is 8.69. The number of rotatable bonds is 5. The van der Waals surface area contributed by atoms with Gasteiger partial charge in [-0.05, 0) is 69.2 Å². The molecular weight excluding hydrogens is 488 g/mol. The van der Waals surface area contributed by atoms with Crippen LogP contribution in [-0.2, 0) is 11.8 Å². The summed E-state index contributed by atoms with van der Waals surface area (Å²) in [6.07, 6.45) is 4.88. The van der Waals surface area contributed by atoms with E-state index in [9.17, 15) is 14.9 Å². The zero-order valence-electron chi connectivity index (χ0n) is 18.5. The Kier molecular flexibility index (Phi) is 6.51. The largest absolute Gasteiger partial charge is 0.435 e. The molecule has 4 rings (SSSR count). The van der Waals surface area contributed by atoms with E-state index >= 15 is 0 Å². The van der Waals surface area contributed by atoms with Crippen LogP contribution in [0.15, 0.2) is 40.0 Å². The first-order valence-corrected chi connectivity index (χ1v) is 11.7. The second-order valence-corrected chi connectivity index (χ2v) is 9.55. The zero-order chi connectivity index (χ0) is 23.6. The molecule has 1 spiro atoms. The number of hydrogen-bond donors (Lipinski definition) is 2. The number of hydrazone groups is 1. The molecule has 0 saturated heterocycles. The van der Waals surface area contributed by atoms with Crippen LogP contribution < -0.4 is 10.7 Å². The Balaban J connectivity index is 1.44. The highest BCUT2D eigenvalue weighted by atomic mass is 79.9. The van der Waals surface area contributed by atoms with Gasteiger partial charge in [0, 0.05) is 29.3 Å². The molecule has 0 unspecified atom stereocenters. The summed E-state index contributed by atoms with van der Waals surface area (Å²) < 4.78 is 8.21. The number of aromatic nitrogens is 2. The van der Waals surface area contributed by atoms with Crippen LogP contribution >= 0.6 is 15.9 Å². The first-order chi connectivity index (χ1) is 15.8. The number of amides is 2.